The second-order valence-electron chi connectivity index (χ2n) is 9.39. The van der Waals surface area contributed by atoms with Gasteiger partial charge in [0.25, 0.3) is 0 Å². The molecular formula is C32H26N4O8. The van der Waals surface area contributed by atoms with E-state index >= 15 is 0 Å². The highest BCUT2D eigenvalue weighted by molar-refractivity contribution is 5.82. The minimum absolute atomic E-state index is 0.305. The molecule has 0 heterocycles. The Morgan fingerprint density at radius 1 is 0.545 bits per heavy atom. The molecule has 3 aromatic carbocycles. The Balaban J connectivity index is 1.81. The van der Waals surface area contributed by atoms with Gasteiger partial charge in [-0.2, -0.15) is 10.5 Å². The lowest BCUT2D eigenvalue weighted by Crippen LogP contribution is -2.34. The SMILES string of the molecule is N#Cc1cc(/C=C/c2ccc(N(CC(=O)O)CC(=O)O)cc2)c(C#N)cc1/C=C/c1ccc(N(CC(=O)O)CC(=O)O)cc1. The zero-order valence-corrected chi connectivity index (χ0v) is 23.1. The van der Waals surface area contributed by atoms with Crippen molar-refractivity contribution in [3.8, 4) is 12.1 Å². The maximum absolute atomic E-state index is 11.1. The van der Waals surface area contributed by atoms with Crippen LogP contribution in [0.1, 0.15) is 33.4 Å². The number of rotatable bonds is 14. The summed E-state index contributed by atoms with van der Waals surface area (Å²) in [5.41, 5.74) is 3.81. The van der Waals surface area contributed by atoms with Crippen molar-refractivity contribution < 1.29 is 39.6 Å². The maximum atomic E-state index is 11.1. The highest BCUT2D eigenvalue weighted by Gasteiger charge is 2.15. The highest BCUT2D eigenvalue weighted by atomic mass is 16.4. The third-order valence-corrected chi connectivity index (χ3v) is 6.19. The number of carboxylic acid groups (broad SMARTS) is 4. The largest absolute Gasteiger partial charge is 0.480 e. The van der Waals surface area contributed by atoms with Crippen LogP contribution in [-0.4, -0.2) is 70.5 Å². The van der Waals surface area contributed by atoms with Gasteiger partial charge in [0.15, 0.2) is 0 Å². The predicted molar refractivity (Wildman–Crippen MR) is 162 cm³/mol. The van der Waals surface area contributed by atoms with Crippen LogP contribution in [0.3, 0.4) is 0 Å². The zero-order chi connectivity index (χ0) is 32.2. The summed E-state index contributed by atoms with van der Waals surface area (Å²) in [6, 6.07) is 20.4. The molecule has 0 saturated heterocycles. The van der Waals surface area contributed by atoms with Crippen LogP contribution in [0, 0.1) is 22.7 Å². The van der Waals surface area contributed by atoms with Crippen molar-refractivity contribution in [2.24, 2.45) is 0 Å². The molecule has 0 amide bonds. The van der Waals surface area contributed by atoms with Crippen molar-refractivity contribution in [2.45, 2.75) is 0 Å². The smallest absolute Gasteiger partial charge is 0.323 e. The second kappa shape index (κ2) is 15.0. The third-order valence-electron chi connectivity index (χ3n) is 6.19. The molecule has 0 spiro atoms. The van der Waals surface area contributed by atoms with Crippen LogP contribution in [0.2, 0.25) is 0 Å². The maximum Gasteiger partial charge on any atom is 0.323 e. The monoisotopic (exact) mass is 594 g/mol. The number of nitrogens with zero attached hydrogens (tertiary/aromatic N) is 4. The van der Waals surface area contributed by atoms with Crippen LogP contribution in [0.5, 0.6) is 0 Å². The fourth-order valence-electron chi connectivity index (χ4n) is 4.20. The summed E-state index contributed by atoms with van der Waals surface area (Å²) in [5, 5.41) is 55.8. The fraction of sp³-hybridized carbons (Fsp3) is 0.125. The van der Waals surface area contributed by atoms with Gasteiger partial charge in [-0.25, -0.2) is 0 Å². The molecule has 3 aromatic rings. The van der Waals surface area contributed by atoms with Crippen LogP contribution in [0.4, 0.5) is 11.4 Å². The molecule has 12 heteroatoms. The summed E-state index contributed by atoms with van der Waals surface area (Å²) >= 11 is 0. The Bertz CT molecular complexity index is 1540. The van der Waals surface area contributed by atoms with Gasteiger partial charge in [0.2, 0.25) is 0 Å². The van der Waals surface area contributed by atoms with Crippen molar-refractivity contribution in [1.29, 1.82) is 10.5 Å². The molecule has 0 aromatic heterocycles. The molecule has 0 aliphatic rings. The Kier molecular flexibility index (Phi) is 11.0. The summed E-state index contributed by atoms with van der Waals surface area (Å²) in [6.07, 6.45) is 6.73. The average Bonchev–Trinajstić information content (AvgIpc) is 2.97. The molecule has 0 unspecified atom stereocenters. The van der Waals surface area contributed by atoms with Crippen molar-refractivity contribution in [3.05, 3.63) is 94.0 Å². The van der Waals surface area contributed by atoms with E-state index in [2.05, 4.69) is 12.1 Å². The number of carbonyl (C=O) groups is 4. The molecular weight excluding hydrogens is 568 g/mol. The number of hydrogen-bond donors (Lipinski definition) is 4. The van der Waals surface area contributed by atoms with Crippen LogP contribution >= 0.6 is 0 Å². The van der Waals surface area contributed by atoms with Crippen molar-refractivity contribution in [1.82, 2.24) is 0 Å². The van der Waals surface area contributed by atoms with E-state index in [1.807, 2.05) is 0 Å². The molecule has 4 N–H and O–H groups in total. The molecule has 12 nitrogen and oxygen atoms in total. The van der Waals surface area contributed by atoms with Gasteiger partial charge in [-0.15, -0.1) is 0 Å². The topological polar surface area (TPSA) is 203 Å². The van der Waals surface area contributed by atoms with E-state index in [0.717, 1.165) is 0 Å². The molecule has 0 bridgehead atoms. The molecule has 3 rings (SSSR count). The molecule has 0 radical (unpaired) electrons. The van der Waals surface area contributed by atoms with Crippen LogP contribution in [0.15, 0.2) is 60.7 Å². The van der Waals surface area contributed by atoms with Crippen LogP contribution in [0.25, 0.3) is 24.3 Å². The average molecular weight is 595 g/mol. The lowest BCUT2D eigenvalue weighted by Gasteiger charge is -2.20. The first-order valence-electron chi connectivity index (χ1n) is 12.9. The Hall–Kier alpha value is -6.40. The van der Waals surface area contributed by atoms with E-state index < -0.39 is 50.1 Å². The van der Waals surface area contributed by atoms with Gasteiger partial charge in [0.05, 0.1) is 23.3 Å². The Morgan fingerprint density at radius 3 is 1.09 bits per heavy atom. The predicted octanol–water partition coefficient (Wildman–Crippen LogP) is 3.72. The van der Waals surface area contributed by atoms with Gasteiger partial charge in [0, 0.05) is 11.4 Å². The second-order valence-corrected chi connectivity index (χ2v) is 9.39. The van der Waals surface area contributed by atoms with Crippen molar-refractivity contribution in [3.63, 3.8) is 0 Å². The van der Waals surface area contributed by atoms with Crippen molar-refractivity contribution in [2.75, 3.05) is 36.0 Å². The van der Waals surface area contributed by atoms with Gasteiger partial charge in [-0.3, -0.25) is 19.2 Å². The minimum atomic E-state index is -1.17. The van der Waals surface area contributed by atoms with E-state index in [1.165, 1.54) is 9.80 Å². The van der Waals surface area contributed by atoms with Gasteiger partial charge < -0.3 is 30.2 Å². The zero-order valence-electron chi connectivity index (χ0n) is 23.1. The van der Waals surface area contributed by atoms with Crippen molar-refractivity contribution >= 4 is 59.6 Å². The Labute approximate surface area is 251 Å². The standard InChI is InChI=1S/C32H26N4O8/c33-15-25-14-24(8-2-22-5-11-28(12-6-22)36(19-31(41)42)20-32(43)44)26(16-34)13-23(25)7-1-21-3-9-27(10-4-21)35(17-29(37)38)18-30(39)40/h1-14H,17-20H2,(H,37,38)(H,39,40)(H,41,42)(H,43,44)/b7-1+,8-2+. The molecule has 0 aliphatic carbocycles. The summed E-state index contributed by atoms with van der Waals surface area (Å²) in [7, 11) is 0. The summed E-state index contributed by atoms with van der Waals surface area (Å²) < 4.78 is 0. The molecule has 0 aliphatic heterocycles. The van der Waals surface area contributed by atoms with E-state index in [1.54, 1.807) is 85.0 Å². The van der Waals surface area contributed by atoms with E-state index in [-0.39, 0.29) is 0 Å². The first-order chi connectivity index (χ1) is 21.0. The Morgan fingerprint density at radius 2 is 0.841 bits per heavy atom. The number of hydrogen-bond acceptors (Lipinski definition) is 8. The fourth-order valence-corrected chi connectivity index (χ4v) is 4.20. The lowest BCUT2D eigenvalue weighted by molar-refractivity contribution is -0.138. The third kappa shape index (κ3) is 9.33. The number of aliphatic carboxylic acids is 4. The molecule has 0 atom stereocenters. The first kappa shape index (κ1) is 32.1. The summed E-state index contributed by atoms with van der Waals surface area (Å²) in [6.45, 7) is -1.91. The van der Waals surface area contributed by atoms with Gasteiger partial charge in [0.1, 0.15) is 26.2 Å². The molecule has 44 heavy (non-hydrogen) atoms. The molecule has 0 saturated carbocycles. The van der Waals surface area contributed by atoms with Gasteiger partial charge >= 0.3 is 23.9 Å². The molecule has 222 valence electrons. The van der Waals surface area contributed by atoms with Crippen LogP contribution in [-0.2, 0) is 19.2 Å². The van der Waals surface area contributed by atoms with Gasteiger partial charge in [-0.1, -0.05) is 48.6 Å². The first-order valence-corrected chi connectivity index (χ1v) is 12.9. The van der Waals surface area contributed by atoms with E-state index in [4.69, 9.17) is 20.4 Å². The normalized spacial score (nSPS) is 10.7. The lowest BCUT2D eigenvalue weighted by atomic mass is 9.97. The number of nitriles is 2. The number of benzene rings is 3. The quantitative estimate of drug-likeness (QED) is 0.197. The van der Waals surface area contributed by atoms with E-state index in [9.17, 15) is 29.7 Å². The highest BCUT2D eigenvalue weighted by Crippen LogP contribution is 2.23. The molecule has 0 fully saturated rings. The van der Waals surface area contributed by atoms with E-state index in [0.29, 0.717) is 44.8 Å². The summed E-state index contributed by atoms with van der Waals surface area (Å²) in [5.74, 6) is -4.66. The number of anilines is 2. The summed E-state index contributed by atoms with van der Waals surface area (Å²) in [4.78, 5) is 46.8. The number of carboxylic acids is 4. The van der Waals surface area contributed by atoms with Gasteiger partial charge in [-0.05, 0) is 58.7 Å². The van der Waals surface area contributed by atoms with Crippen LogP contribution < -0.4 is 9.80 Å². The minimum Gasteiger partial charge on any atom is -0.480 e.